The van der Waals surface area contributed by atoms with Crippen molar-refractivity contribution in [3.8, 4) is 5.75 Å². The Labute approximate surface area is 146 Å². The highest BCUT2D eigenvalue weighted by atomic mass is 16.7. The van der Waals surface area contributed by atoms with Gasteiger partial charge < -0.3 is 24.1 Å². The number of rotatable bonds is 9. The van der Waals surface area contributed by atoms with Gasteiger partial charge in [-0.05, 0) is 12.1 Å². The Kier molecular flexibility index (Phi) is 6.80. The van der Waals surface area contributed by atoms with Crippen molar-refractivity contribution in [3.63, 3.8) is 0 Å². The summed E-state index contributed by atoms with van der Waals surface area (Å²) < 4.78 is 21.7. The predicted molar refractivity (Wildman–Crippen MR) is 91.6 cm³/mol. The van der Waals surface area contributed by atoms with E-state index in [0.29, 0.717) is 11.3 Å². The van der Waals surface area contributed by atoms with E-state index in [0.717, 1.165) is 0 Å². The van der Waals surface area contributed by atoms with Gasteiger partial charge in [-0.15, -0.1) is 0 Å². The zero-order chi connectivity index (χ0) is 18.1. The van der Waals surface area contributed by atoms with Crippen molar-refractivity contribution in [1.82, 2.24) is 0 Å². The van der Waals surface area contributed by atoms with Crippen molar-refractivity contribution in [1.29, 1.82) is 0 Å². The third-order valence-electron chi connectivity index (χ3n) is 3.83. The van der Waals surface area contributed by atoms with Crippen LogP contribution in [0, 0.1) is 0 Å². The minimum Gasteiger partial charge on any atom is -0.493 e. The summed E-state index contributed by atoms with van der Waals surface area (Å²) in [6.45, 7) is 0.218. The van der Waals surface area contributed by atoms with Gasteiger partial charge in [0.2, 0.25) is 6.29 Å². The Balaban J connectivity index is 2.29. The maximum absolute atomic E-state index is 11.4. The number of ether oxygens (including phenoxy) is 4. The molecule has 2 rings (SSSR count). The average molecular weight is 346 g/mol. The second-order valence-corrected chi connectivity index (χ2v) is 5.34. The standard InChI is InChI=1S/C19H22O6/c1-22-17(23-2)19(25-18(20)21,15-9-5-3-6-10-15)13-14-24-16-11-7-4-8-12-16/h3-12,17H,13-14H2,1-2H3,(H,20,21). The molecule has 0 aromatic heterocycles. The summed E-state index contributed by atoms with van der Waals surface area (Å²) in [5, 5.41) is 9.29. The second-order valence-electron chi connectivity index (χ2n) is 5.34. The number of carbonyl (C=O) groups is 1. The predicted octanol–water partition coefficient (Wildman–Crippen LogP) is 3.66. The van der Waals surface area contributed by atoms with Crippen LogP contribution in [0.3, 0.4) is 0 Å². The van der Waals surface area contributed by atoms with Crippen LogP contribution in [0.5, 0.6) is 5.75 Å². The molecule has 25 heavy (non-hydrogen) atoms. The zero-order valence-corrected chi connectivity index (χ0v) is 14.3. The Morgan fingerprint density at radius 1 is 1.00 bits per heavy atom. The van der Waals surface area contributed by atoms with Gasteiger partial charge in [-0.3, -0.25) is 0 Å². The average Bonchev–Trinajstić information content (AvgIpc) is 2.63. The van der Waals surface area contributed by atoms with E-state index in [1.54, 1.807) is 24.3 Å². The van der Waals surface area contributed by atoms with Crippen LogP contribution in [0.15, 0.2) is 60.7 Å². The Morgan fingerprint density at radius 2 is 1.56 bits per heavy atom. The fourth-order valence-electron chi connectivity index (χ4n) is 2.75. The number of hydrogen-bond donors (Lipinski definition) is 1. The number of para-hydroxylation sites is 1. The molecule has 0 saturated heterocycles. The van der Waals surface area contributed by atoms with Crippen LogP contribution >= 0.6 is 0 Å². The van der Waals surface area contributed by atoms with Gasteiger partial charge in [0.05, 0.1) is 6.61 Å². The van der Waals surface area contributed by atoms with E-state index >= 15 is 0 Å². The fraction of sp³-hybridized carbons (Fsp3) is 0.316. The monoisotopic (exact) mass is 346 g/mol. The fourth-order valence-corrected chi connectivity index (χ4v) is 2.75. The molecule has 1 unspecified atom stereocenters. The Bertz CT molecular complexity index is 641. The molecule has 0 heterocycles. The quantitative estimate of drug-likeness (QED) is 0.552. The number of hydrogen-bond acceptors (Lipinski definition) is 5. The molecule has 134 valence electrons. The summed E-state index contributed by atoms with van der Waals surface area (Å²) in [5.74, 6) is 0.686. The number of carboxylic acid groups (broad SMARTS) is 1. The molecule has 0 aliphatic carbocycles. The lowest BCUT2D eigenvalue weighted by atomic mass is 9.89. The Morgan fingerprint density at radius 3 is 2.08 bits per heavy atom. The first-order chi connectivity index (χ1) is 12.1. The summed E-state index contributed by atoms with van der Waals surface area (Å²) >= 11 is 0. The second kappa shape index (κ2) is 9.05. The smallest absolute Gasteiger partial charge is 0.493 e. The minimum absolute atomic E-state index is 0.213. The molecule has 6 heteroatoms. The van der Waals surface area contributed by atoms with Gasteiger partial charge in [0.25, 0.3) is 0 Å². The van der Waals surface area contributed by atoms with Crippen molar-refractivity contribution in [3.05, 3.63) is 66.2 Å². The van der Waals surface area contributed by atoms with Crippen molar-refractivity contribution in [2.45, 2.75) is 18.3 Å². The Hall–Kier alpha value is -2.57. The molecule has 2 aromatic rings. The SMILES string of the molecule is COC(OC)C(CCOc1ccccc1)(OC(=O)O)c1ccccc1. The van der Waals surface area contributed by atoms with Gasteiger partial charge in [0.1, 0.15) is 5.75 Å². The van der Waals surface area contributed by atoms with E-state index in [-0.39, 0.29) is 13.0 Å². The topological polar surface area (TPSA) is 74.2 Å². The lowest BCUT2D eigenvalue weighted by molar-refractivity contribution is -0.228. The molecule has 0 saturated carbocycles. The first-order valence-corrected chi connectivity index (χ1v) is 7.83. The van der Waals surface area contributed by atoms with Crippen molar-refractivity contribution >= 4 is 6.16 Å². The van der Waals surface area contributed by atoms with E-state index < -0.39 is 18.0 Å². The lowest BCUT2D eigenvalue weighted by Gasteiger charge is -2.37. The summed E-state index contributed by atoms with van der Waals surface area (Å²) in [6, 6.07) is 18.3. The molecule has 1 atom stereocenters. The van der Waals surface area contributed by atoms with Gasteiger partial charge in [-0.1, -0.05) is 48.5 Å². The molecule has 0 fully saturated rings. The molecular weight excluding hydrogens is 324 g/mol. The van der Waals surface area contributed by atoms with Gasteiger partial charge in [-0.25, -0.2) is 4.79 Å². The molecule has 6 nitrogen and oxygen atoms in total. The molecule has 0 radical (unpaired) electrons. The van der Waals surface area contributed by atoms with Crippen LogP contribution in [0.1, 0.15) is 12.0 Å². The van der Waals surface area contributed by atoms with E-state index in [2.05, 4.69) is 0 Å². The van der Waals surface area contributed by atoms with Crippen LogP contribution < -0.4 is 4.74 Å². The van der Waals surface area contributed by atoms with Gasteiger partial charge >= 0.3 is 6.16 Å². The third-order valence-corrected chi connectivity index (χ3v) is 3.83. The molecule has 0 bridgehead atoms. The molecule has 0 aliphatic rings. The van der Waals surface area contributed by atoms with Gasteiger partial charge in [0.15, 0.2) is 5.60 Å². The maximum atomic E-state index is 11.4. The van der Waals surface area contributed by atoms with Crippen LogP contribution in [0.4, 0.5) is 4.79 Å². The molecule has 1 N–H and O–H groups in total. The zero-order valence-electron chi connectivity index (χ0n) is 14.3. The highest BCUT2D eigenvalue weighted by molar-refractivity contribution is 5.58. The van der Waals surface area contributed by atoms with Crippen LogP contribution in [-0.4, -0.2) is 38.4 Å². The molecule has 0 amide bonds. The number of methoxy groups -OCH3 is 2. The molecule has 0 spiro atoms. The van der Waals surface area contributed by atoms with Crippen LogP contribution in [0.2, 0.25) is 0 Å². The highest BCUT2D eigenvalue weighted by Crippen LogP contribution is 2.36. The lowest BCUT2D eigenvalue weighted by Crippen LogP contribution is -2.46. The molecule has 2 aromatic carbocycles. The summed E-state index contributed by atoms with van der Waals surface area (Å²) in [6.07, 6.45) is -2.13. The molecular formula is C19H22O6. The summed E-state index contributed by atoms with van der Waals surface area (Å²) in [7, 11) is 2.88. The summed E-state index contributed by atoms with van der Waals surface area (Å²) in [4.78, 5) is 11.4. The van der Waals surface area contributed by atoms with Gasteiger partial charge in [-0.2, -0.15) is 0 Å². The highest BCUT2D eigenvalue weighted by Gasteiger charge is 2.45. The van der Waals surface area contributed by atoms with Crippen LogP contribution in [-0.2, 0) is 19.8 Å². The van der Waals surface area contributed by atoms with E-state index in [1.165, 1.54) is 14.2 Å². The van der Waals surface area contributed by atoms with Crippen LogP contribution in [0.25, 0.3) is 0 Å². The molecule has 0 aliphatic heterocycles. The van der Waals surface area contributed by atoms with Crippen molar-refractivity contribution in [2.24, 2.45) is 0 Å². The first-order valence-electron chi connectivity index (χ1n) is 7.83. The van der Waals surface area contributed by atoms with E-state index in [9.17, 15) is 9.90 Å². The van der Waals surface area contributed by atoms with Crippen molar-refractivity contribution < 1.29 is 28.8 Å². The first kappa shape index (κ1) is 18.8. The van der Waals surface area contributed by atoms with E-state index in [1.807, 2.05) is 36.4 Å². The minimum atomic E-state index is -1.41. The maximum Gasteiger partial charge on any atom is 0.506 e. The third kappa shape index (κ3) is 4.71. The summed E-state index contributed by atoms with van der Waals surface area (Å²) in [5.41, 5.74) is -0.728. The largest absolute Gasteiger partial charge is 0.506 e. The van der Waals surface area contributed by atoms with Gasteiger partial charge in [0, 0.05) is 26.2 Å². The van der Waals surface area contributed by atoms with Crippen molar-refractivity contribution in [2.75, 3.05) is 20.8 Å². The van der Waals surface area contributed by atoms with E-state index in [4.69, 9.17) is 18.9 Å². The normalized spacial score (nSPS) is 13.2. The number of benzene rings is 2.